The lowest BCUT2D eigenvalue weighted by Crippen LogP contribution is -2.52. The number of likely N-dealkylation sites (tertiary alicyclic amines) is 1. The van der Waals surface area contributed by atoms with E-state index in [2.05, 4.69) is 5.32 Å². The lowest BCUT2D eigenvalue weighted by atomic mass is 10.0. The van der Waals surface area contributed by atoms with Crippen molar-refractivity contribution in [3.8, 4) is 0 Å². The van der Waals surface area contributed by atoms with Crippen molar-refractivity contribution in [2.24, 2.45) is 5.92 Å². The molecule has 0 aromatic heterocycles. The van der Waals surface area contributed by atoms with E-state index in [1.165, 1.54) is 0 Å². The van der Waals surface area contributed by atoms with Gasteiger partial charge in [0.15, 0.2) is 0 Å². The molecule has 4 heteroatoms. The molecule has 0 aliphatic carbocycles. The van der Waals surface area contributed by atoms with E-state index in [0.717, 1.165) is 19.6 Å². The number of rotatable bonds is 5. The largest absolute Gasteiger partial charge is 0.396 e. The molecule has 0 aromatic carbocycles. The lowest BCUT2D eigenvalue weighted by molar-refractivity contribution is -0.138. The summed E-state index contributed by atoms with van der Waals surface area (Å²) in [5.41, 5.74) is 0. The fourth-order valence-corrected chi connectivity index (χ4v) is 1.70. The SMILES string of the molecule is CCNC(C)CC(=O)N1CC(CO)C1. The van der Waals surface area contributed by atoms with Crippen LogP contribution in [0.15, 0.2) is 0 Å². The highest BCUT2D eigenvalue weighted by molar-refractivity contribution is 5.77. The number of carbonyl (C=O) groups excluding carboxylic acids is 1. The second-order valence-electron chi connectivity index (χ2n) is 4.01. The van der Waals surface area contributed by atoms with Crippen LogP contribution in [0.1, 0.15) is 20.3 Å². The van der Waals surface area contributed by atoms with E-state index >= 15 is 0 Å². The summed E-state index contributed by atoms with van der Waals surface area (Å²) < 4.78 is 0. The molecule has 1 unspecified atom stereocenters. The standard InChI is InChI=1S/C10H20N2O2/c1-3-11-8(2)4-10(14)12-5-9(6-12)7-13/h8-9,11,13H,3-7H2,1-2H3. The van der Waals surface area contributed by atoms with Crippen LogP contribution in [0.4, 0.5) is 0 Å². The van der Waals surface area contributed by atoms with Crippen LogP contribution in [0.5, 0.6) is 0 Å². The van der Waals surface area contributed by atoms with E-state index in [9.17, 15) is 4.79 Å². The van der Waals surface area contributed by atoms with Gasteiger partial charge in [-0.3, -0.25) is 4.79 Å². The van der Waals surface area contributed by atoms with Crippen LogP contribution >= 0.6 is 0 Å². The van der Waals surface area contributed by atoms with E-state index < -0.39 is 0 Å². The number of hydrogen-bond donors (Lipinski definition) is 2. The summed E-state index contributed by atoms with van der Waals surface area (Å²) >= 11 is 0. The van der Waals surface area contributed by atoms with Crippen molar-refractivity contribution in [3.05, 3.63) is 0 Å². The quantitative estimate of drug-likeness (QED) is 0.647. The first-order chi connectivity index (χ1) is 6.67. The maximum absolute atomic E-state index is 11.6. The third-order valence-electron chi connectivity index (χ3n) is 2.60. The van der Waals surface area contributed by atoms with Gasteiger partial charge in [0.05, 0.1) is 0 Å². The molecular formula is C10H20N2O2. The Kier molecular flexibility index (Phi) is 4.35. The Morgan fingerprint density at radius 2 is 2.29 bits per heavy atom. The zero-order valence-corrected chi connectivity index (χ0v) is 8.99. The van der Waals surface area contributed by atoms with Gasteiger partial charge in [0.25, 0.3) is 0 Å². The molecule has 1 atom stereocenters. The van der Waals surface area contributed by atoms with Gasteiger partial charge >= 0.3 is 0 Å². The molecule has 1 aliphatic rings. The van der Waals surface area contributed by atoms with Gasteiger partial charge in [0.1, 0.15) is 0 Å². The molecule has 1 fully saturated rings. The first-order valence-corrected chi connectivity index (χ1v) is 5.29. The Labute approximate surface area is 85.3 Å². The van der Waals surface area contributed by atoms with Crippen molar-refractivity contribution in [1.82, 2.24) is 10.2 Å². The summed E-state index contributed by atoms with van der Waals surface area (Å²) in [7, 11) is 0. The highest BCUT2D eigenvalue weighted by Crippen LogP contribution is 2.15. The van der Waals surface area contributed by atoms with E-state index in [1.54, 1.807) is 0 Å². The van der Waals surface area contributed by atoms with Gasteiger partial charge in [0.2, 0.25) is 5.91 Å². The Morgan fingerprint density at radius 1 is 1.64 bits per heavy atom. The summed E-state index contributed by atoms with van der Waals surface area (Å²) in [6, 6.07) is 0.251. The molecule has 1 saturated heterocycles. The minimum Gasteiger partial charge on any atom is -0.396 e. The van der Waals surface area contributed by atoms with E-state index in [-0.39, 0.29) is 18.6 Å². The minimum atomic E-state index is 0.197. The average Bonchev–Trinajstić information content (AvgIpc) is 2.02. The molecule has 0 radical (unpaired) electrons. The van der Waals surface area contributed by atoms with Gasteiger partial charge in [-0.05, 0) is 13.5 Å². The van der Waals surface area contributed by atoms with Crippen LogP contribution in [0.2, 0.25) is 0 Å². The number of nitrogens with zero attached hydrogens (tertiary/aromatic N) is 1. The maximum Gasteiger partial charge on any atom is 0.224 e. The third kappa shape index (κ3) is 2.96. The molecule has 0 aromatic rings. The summed E-state index contributed by atoms with van der Waals surface area (Å²) in [4.78, 5) is 13.4. The highest BCUT2D eigenvalue weighted by Gasteiger charge is 2.29. The van der Waals surface area contributed by atoms with Crippen molar-refractivity contribution in [1.29, 1.82) is 0 Å². The lowest BCUT2D eigenvalue weighted by Gasteiger charge is -2.38. The van der Waals surface area contributed by atoms with Gasteiger partial charge in [-0.2, -0.15) is 0 Å². The van der Waals surface area contributed by atoms with Crippen LogP contribution in [0, 0.1) is 5.92 Å². The Bertz CT molecular complexity index is 191. The number of aliphatic hydroxyl groups excluding tert-OH is 1. The molecule has 1 heterocycles. The fourth-order valence-electron chi connectivity index (χ4n) is 1.70. The predicted octanol–water partition coefficient (Wildman–Crippen LogP) is -0.175. The van der Waals surface area contributed by atoms with Gasteiger partial charge in [-0.1, -0.05) is 6.92 Å². The van der Waals surface area contributed by atoms with Gasteiger partial charge in [-0.15, -0.1) is 0 Å². The van der Waals surface area contributed by atoms with Crippen molar-refractivity contribution >= 4 is 5.91 Å². The molecule has 82 valence electrons. The molecule has 4 nitrogen and oxygen atoms in total. The summed E-state index contributed by atoms with van der Waals surface area (Å²) in [6.45, 7) is 6.61. The van der Waals surface area contributed by atoms with Gasteiger partial charge in [-0.25, -0.2) is 0 Å². The van der Waals surface area contributed by atoms with E-state index in [1.807, 2.05) is 18.7 Å². The van der Waals surface area contributed by atoms with Crippen molar-refractivity contribution < 1.29 is 9.90 Å². The van der Waals surface area contributed by atoms with Gasteiger partial charge < -0.3 is 15.3 Å². The second kappa shape index (κ2) is 5.32. The number of aliphatic hydroxyl groups is 1. The molecule has 0 bridgehead atoms. The molecule has 0 spiro atoms. The average molecular weight is 200 g/mol. The zero-order valence-electron chi connectivity index (χ0n) is 8.99. The topological polar surface area (TPSA) is 52.6 Å². The fraction of sp³-hybridized carbons (Fsp3) is 0.900. The Morgan fingerprint density at radius 3 is 2.79 bits per heavy atom. The molecule has 1 rings (SSSR count). The Balaban J connectivity index is 2.17. The zero-order chi connectivity index (χ0) is 10.6. The predicted molar refractivity (Wildman–Crippen MR) is 54.9 cm³/mol. The number of amides is 1. The summed E-state index contributed by atoms with van der Waals surface area (Å²) in [5.74, 6) is 0.511. The van der Waals surface area contributed by atoms with Crippen LogP contribution in [0.3, 0.4) is 0 Å². The monoisotopic (exact) mass is 200 g/mol. The molecule has 0 saturated carbocycles. The molecule has 1 amide bonds. The highest BCUT2D eigenvalue weighted by atomic mass is 16.3. The van der Waals surface area contributed by atoms with Crippen LogP contribution < -0.4 is 5.32 Å². The molecule has 1 aliphatic heterocycles. The maximum atomic E-state index is 11.6. The van der Waals surface area contributed by atoms with E-state index in [4.69, 9.17) is 5.11 Å². The molecule has 14 heavy (non-hydrogen) atoms. The van der Waals surface area contributed by atoms with Crippen LogP contribution in [0.25, 0.3) is 0 Å². The van der Waals surface area contributed by atoms with Gasteiger partial charge in [0, 0.05) is 38.1 Å². The smallest absolute Gasteiger partial charge is 0.224 e. The first kappa shape index (κ1) is 11.5. The summed E-state index contributed by atoms with van der Waals surface area (Å²) in [6.07, 6.45) is 0.561. The number of carbonyl (C=O) groups is 1. The van der Waals surface area contributed by atoms with E-state index in [0.29, 0.717) is 12.3 Å². The number of hydrogen-bond acceptors (Lipinski definition) is 3. The first-order valence-electron chi connectivity index (χ1n) is 5.29. The van der Waals surface area contributed by atoms with Crippen molar-refractivity contribution in [3.63, 3.8) is 0 Å². The van der Waals surface area contributed by atoms with Crippen LogP contribution in [-0.4, -0.2) is 48.2 Å². The van der Waals surface area contributed by atoms with Crippen molar-refractivity contribution in [2.45, 2.75) is 26.3 Å². The summed E-state index contributed by atoms with van der Waals surface area (Å²) in [5, 5.41) is 12.0. The minimum absolute atomic E-state index is 0.197. The molecular weight excluding hydrogens is 180 g/mol. The third-order valence-corrected chi connectivity index (χ3v) is 2.60. The normalized spacial score (nSPS) is 19.2. The van der Waals surface area contributed by atoms with Crippen LogP contribution in [-0.2, 0) is 4.79 Å². The number of nitrogens with one attached hydrogen (secondary N) is 1. The van der Waals surface area contributed by atoms with Crippen molar-refractivity contribution in [2.75, 3.05) is 26.2 Å². The molecule has 2 N–H and O–H groups in total. The second-order valence-corrected chi connectivity index (χ2v) is 4.01. The Hall–Kier alpha value is -0.610.